The number of nitrogens with one attached hydrogen (secondary N) is 1. The SMILES string of the molecule is c1ccc(-c2ccc3c(c2)Nc2cc(-c4ccccc4)ccc2C3(c2ccccc2)c2ccccc2)cc1. The summed E-state index contributed by atoms with van der Waals surface area (Å²) >= 11 is 0. The van der Waals surface area contributed by atoms with E-state index in [9.17, 15) is 0 Å². The van der Waals surface area contributed by atoms with Crippen LogP contribution in [0.5, 0.6) is 0 Å². The van der Waals surface area contributed by atoms with E-state index < -0.39 is 5.41 Å². The van der Waals surface area contributed by atoms with Gasteiger partial charge in [-0.05, 0) is 56.6 Å². The Labute approximate surface area is 224 Å². The van der Waals surface area contributed by atoms with Gasteiger partial charge >= 0.3 is 0 Å². The summed E-state index contributed by atoms with van der Waals surface area (Å²) in [5.41, 5.74) is 11.7. The van der Waals surface area contributed by atoms with Crippen molar-refractivity contribution in [3.8, 4) is 22.3 Å². The molecule has 38 heavy (non-hydrogen) atoms. The average Bonchev–Trinajstić information content (AvgIpc) is 3.01. The van der Waals surface area contributed by atoms with Crippen molar-refractivity contribution >= 4 is 11.4 Å². The Bertz CT molecular complexity index is 1580. The molecule has 0 unspecified atom stereocenters. The normalized spacial score (nSPS) is 13.2. The van der Waals surface area contributed by atoms with Gasteiger partial charge < -0.3 is 5.32 Å². The van der Waals surface area contributed by atoms with Crippen molar-refractivity contribution < 1.29 is 0 Å². The highest BCUT2D eigenvalue weighted by atomic mass is 14.9. The highest BCUT2D eigenvalue weighted by molar-refractivity contribution is 5.86. The highest BCUT2D eigenvalue weighted by Crippen LogP contribution is 2.54. The quantitative estimate of drug-likeness (QED) is 0.262. The minimum atomic E-state index is -0.455. The molecule has 1 aliphatic rings. The van der Waals surface area contributed by atoms with E-state index in [1.54, 1.807) is 0 Å². The Morgan fingerprint density at radius 3 is 1.11 bits per heavy atom. The summed E-state index contributed by atoms with van der Waals surface area (Å²) in [6.07, 6.45) is 0. The molecular formula is C37H27N. The second-order valence-corrected chi connectivity index (χ2v) is 9.86. The van der Waals surface area contributed by atoms with Gasteiger partial charge in [-0.25, -0.2) is 0 Å². The number of hydrogen-bond donors (Lipinski definition) is 1. The van der Waals surface area contributed by atoms with Gasteiger partial charge in [-0.3, -0.25) is 0 Å². The minimum Gasteiger partial charge on any atom is -0.355 e. The van der Waals surface area contributed by atoms with Gasteiger partial charge in [0.1, 0.15) is 0 Å². The number of anilines is 2. The molecule has 0 fully saturated rings. The van der Waals surface area contributed by atoms with E-state index in [0.717, 1.165) is 11.4 Å². The fourth-order valence-electron chi connectivity index (χ4n) is 6.02. The molecule has 0 bridgehead atoms. The van der Waals surface area contributed by atoms with Crippen LogP contribution >= 0.6 is 0 Å². The maximum absolute atomic E-state index is 3.86. The molecule has 0 spiro atoms. The number of rotatable bonds is 4. The summed E-state index contributed by atoms with van der Waals surface area (Å²) < 4.78 is 0. The molecule has 0 atom stereocenters. The molecular weight excluding hydrogens is 458 g/mol. The van der Waals surface area contributed by atoms with Crippen molar-refractivity contribution in [2.24, 2.45) is 0 Å². The summed E-state index contributed by atoms with van der Waals surface area (Å²) in [5, 5.41) is 3.86. The maximum atomic E-state index is 3.86. The topological polar surface area (TPSA) is 12.0 Å². The molecule has 1 heteroatoms. The Balaban J connectivity index is 1.54. The van der Waals surface area contributed by atoms with E-state index in [0.29, 0.717) is 0 Å². The van der Waals surface area contributed by atoms with E-state index in [2.05, 4.69) is 163 Å². The molecule has 0 radical (unpaired) electrons. The van der Waals surface area contributed by atoms with Crippen LogP contribution in [-0.2, 0) is 5.41 Å². The third-order valence-electron chi connectivity index (χ3n) is 7.74. The van der Waals surface area contributed by atoms with Gasteiger partial charge in [0.05, 0.1) is 5.41 Å². The smallest absolute Gasteiger partial charge is 0.0741 e. The largest absolute Gasteiger partial charge is 0.355 e. The zero-order valence-electron chi connectivity index (χ0n) is 21.0. The van der Waals surface area contributed by atoms with E-state index in [4.69, 9.17) is 0 Å². The minimum absolute atomic E-state index is 0.455. The monoisotopic (exact) mass is 485 g/mol. The summed E-state index contributed by atoms with van der Waals surface area (Å²) in [6.45, 7) is 0. The summed E-state index contributed by atoms with van der Waals surface area (Å²) in [7, 11) is 0. The Kier molecular flexibility index (Phi) is 5.41. The van der Waals surface area contributed by atoms with Gasteiger partial charge in [-0.1, -0.05) is 146 Å². The van der Waals surface area contributed by atoms with Gasteiger partial charge in [-0.2, -0.15) is 0 Å². The van der Waals surface area contributed by atoms with Crippen molar-refractivity contribution in [2.75, 3.05) is 5.32 Å². The highest BCUT2D eigenvalue weighted by Gasteiger charge is 2.44. The van der Waals surface area contributed by atoms with Gasteiger partial charge in [0.25, 0.3) is 0 Å². The number of benzene rings is 6. The van der Waals surface area contributed by atoms with Crippen molar-refractivity contribution in [1.29, 1.82) is 0 Å². The van der Waals surface area contributed by atoms with E-state index in [1.807, 2.05) is 0 Å². The lowest BCUT2D eigenvalue weighted by molar-refractivity contribution is 0.741. The van der Waals surface area contributed by atoms with E-state index in [-0.39, 0.29) is 0 Å². The predicted octanol–water partition coefficient (Wildman–Crippen LogP) is 9.46. The molecule has 0 aromatic heterocycles. The summed E-state index contributed by atoms with van der Waals surface area (Å²) in [4.78, 5) is 0. The molecule has 6 aromatic carbocycles. The van der Waals surface area contributed by atoms with Gasteiger partial charge in [0.2, 0.25) is 0 Å². The third kappa shape index (κ3) is 3.55. The van der Waals surface area contributed by atoms with Crippen LogP contribution in [0.2, 0.25) is 0 Å². The first-order chi connectivity index (χ1) is 18.8. The number of fused-ring (bicyclic) bond motifs is 2. The van der Waals surface area contributed by atoms with Crippen LogP contribution in [0, 0.1) is 0 Å². The first-order valence-electron chi connectivity index (χ1n) is 13.1. The standard InChI is InChI=1S/C37H27N/c1-5-13-27(14-6-1)29-21-23-33-35(25-29)38-36-26-30(28-15-7-2-8-16-28)22-24-34(36)37(33,31-17-9-3-10-18-31)32-19-11-4-12-20-32/h1-26,38H. The molecule has 0 amide bonds. The van der Waals surface area contributed by atoms with Crippen molar-refractivity contribution in [3.05, 3.63) is 180 Å². The molecule has 1 aliphatic heterocycles. The van der Waals surface area contributed by atoms with Crippen LogP contribution in [-0.4, -0.2) is 0 Å². The van der Waals surface area contributed by atoms with E-state index in [1.165, 1.54) is 44.5 Å². The van der Waals surface area contributed by atoms with Crippen LogP contribution in [0.25, 0.3) is 22.3 Å². The Morgan fingerprint density at radius 1 is 0.342 bits per heavy atom. The van der Waals surface area contributed by atoms with E-state index >= 15 is 0 Å². The van der Waals surface area contributed by atoms with Gasteiger partial charge in [0.15, 0.2) is 0 Å². The van der Waals surface area contributed by atoms with Crippen molar-refractivity contribution in [2.45, 2.75) is 5.41 Å². The molecule has 7 rings (SSSR count). The van der Waals surface area contributed by atoms with Crippen LogP contribution in [0.1, 0.15) is 22.3 Å². The molecule has 0 saturated heterocycles. The molecule has 6 aromatic rings. The summed E-state index contributed by atoms with van der Waals surface area (Å²) in [5.74, 6) is 0. The summed E-state index contributed by atoms with van der Waals surface area (Å²) in [6, 6.07) is 56.9. The zero-order chi connectivity index (χ0) is 25.4. The second kappa shape index (κ2) is 9.21. The Morgan fingerprint density at radius 2 is 0.711 bits per heavy atom. The molecule has 0 saturated carbocycles. The van der Waals surface area contributed by atoms with Crippen LogP contribution in [0.15, 0.2) is 158 Å². The lowest BCUT2D eigenvalue weighted by Gasteiger charge is -2.43. The molecule has 0 aliphatic carbocycles. The zero-order valence-corrected chi connectivity index (χ0v) is 21.0. The first-order valence-corrected chi connectivity index (χ1v) is 13.1. The average molecular weight is 486 g/mol. The maximum Gasteiger partial charge on any atom is 0.0741 e. The molecule has 1 nitrogen and oxygen atoms in total. The van der Waals surface area contributed by atoms with Crippen LogP contribution < -0.4 is 5.32 Å². The number of hydrogen-bond acceptors (Lipinski definition) is 1. The van der Waals surface area contributed by atoms with Gasteiger partial charge in [-0.15, -0.1) is 0 Å². The van der Waals surface area contributed by atoms with Gasteiger partial charge in [0, 0.05) is 11.4 Å². The fraction of sp³-hybridized carbons (Fsp3) is 0.0270. The van der Waals surface area contributed by atoms with Crippen LogP contribution in [0.4, 0.5) is 11.4 Å². The Hall–Kier alpha value is -4.88. The van der Waals surface area contributed by atoms with Crippen molar-refractivity contribution in [1.82, 2.24) is 0 Å². The first kappa shape index (κ1) is 22.3. The second-order valence-electron chi connectivity index (χ2n) is 9.86. The third-order valence-corrected chi connectivity index (χ3v) is 7.74. The predicted molar refractivity (Wildman–Crippen MR) is 159 cm³/mol. The molecule has 1 heterocycles. The molecule has 180 valence electrons. The molecule has 1 N–H and O–H groups in total. The van der Waals surface area contributed by atoms with Crippen molar-refractivity contribution in [3.63, 3.8) is 0 Å². The fourth-order valence-corrected chi connectivity index (χ4v) is 6.02. The lowest BCUT2D eigenvalue weighted by Crippen LogP contribution is -2.35. The lowest BCUT2D eigenvalue weighted by atomic mass is 9.62. The van der Waals surface area contributed by atoms with Crippen LogP contribution in [0.3, 0.4) is 0 Å².